The molecule has 0 aliphatic carbocycles. The third kappa shape index (κ3) is 4.60. The largest absolute Gasteiger partial charge is 0.385 e. The third-order valence-corrected chi connectivity index (χ3v) is 2.94. The SMILES string of the molecule is CSCCCCNc1ccc(F)c([N+](=O)[O-])c1. The van der Waals surface area contributed by atoms with Gasteiger partial charge in [0.1, 0.15) is 0 Å². The van der Waals surface area contributed by atoms with E-state index in [9.17, 15) is 14.5 Å². The van der Waals surface area contributed by atoms with Crippen molar-refractivity contribution in [3.63, 3.8) is 0 Å². The van der Waals surface area contributed by atoms with Crippen LogP contribution < -0.4 is 5.32 Å². The molecule has 0 radical (unpaired) electrons. The average molecular weight is 258 g/mol. The van der Waals surface area contributed by atoms with Gasteiger partial charge >= 0.3 is 5.69 Å². The highest BCUT2D eigenvalue weighted by Crippen LogP contribution is 2.21. The molecule has 6 heteroatoms. The summed E-state index contributed by atoms with van der Waals surface area (Å²) in [6.07, 6.45) is 4.14. The highest BCUT2D eigenvalue weighted by molar-refractivity contribution is 7.98. The fourth-order valence-electron chi connectivity index (χ4n) is 1.37. The van der Waals surface area contributed by atoms with Crippen LogP contribution in [0.1, 0.15) is 12.8 Å². The van der Waals surface area contributed by atoms with E-state index in [-0.39, 0.29) is 0 Å². The molecule has 0 heterocycles. The highest BCUT2D eigenvalue weighted by Gasteiger charge is 2.13. The Hall–Kier alpha value is -1.30. The maximum atomic E-state index is 13.0. The molecule has 0 fully saturated rings. The van der Waals surface area contributed by atoms with Crippen LogP contribution in [0.3, 0.4) is 0 Å². The predicted molar refractivity (Wildman–Crippen MR) is 69.2 cm³/mol. The maximum absolute atomic E-state index is 13.0. The zero-order chi connectivity index (χ0) is 12.7. The Morgan fingerprint density at radius 3 is 2.88 bits per heavy atom. The fraction of sp³-hybridized carbons (Fsp3) is 0.455. The summed E-state index contributed by atoms with van der Waals surface area (Å²) in [6, 6.07) is 3.85. The molecule has 0 aliphatic rings. The number of hydrogen-bond acceptors (Lipinski definition) is 4. The van der Waals surface area contributed by atoms with Crippen molar-refractivity contribution in [3.05, 3.63) is 34.1 Å². The van der Waals surface area contributed by atoms with E-state index in [1.165, 1.54) is 12.1 Å². The molecule has 0 aromatic heterocycles. The van der Waals surface area contributed by atoms with Gasteiger partial charge in [-0.3, -0.25) is 10.1 Å². The smallest absolute Gasteiger partial charge is 0.306 e. The summed E-state index contributed by atoms with van der Waals surface area (Å²) in [5.41, 5.74) is 0.0985. The van der Waals surface area contributed by atoms with Crippen LogP contribution in [0.5, 0.6) is 0 Å². The van der Waals surface area contributed by atoms with Crippen LogP contribution in [0.15, 0.2) is 18.2 Å². The minimum atomic E-state index is -0.803. The molecular formula is C11H15FN2O2S. The van der Waals surface area contributed by atoms with Gasteiger partial charge in [0.05, 0.1) is 4.92 Å². The lowest BCUT2D eigenvalue weighted by molar-refractivity contribution is -0.387. The highest BCUT2D eigenvalue weighted by atomic mass is 32.2. The van der Waals surface area contributed by atoms with Crippen LogP contribution in [0.25, 0.3) is 0 Å². The summed E-state index contributed by atoms with van der Waals surface area (Å²) in [5.74, 6) is 0.300. The van der Waals surface area contributed by atoms with Crippen molar-refractivity contribution in [2.75, 3.05) is 23.9 Å². The maximum Gasteiger partial charge on any atom is 0.306 e. The Morgan fingerprint density at radius 2 is 2.24 bits per heavy atom. The average Bonchev–Trinajstić information content (AvgIpc) is 2.30. The van der Waals surface area contributed by atoms with Crippen molar-refractivity contribution in [1.82, 2.24) is 0 Å². The molecule has 0 unspecified atom stereocenters. The van der Waals surface area contributed by atoms with Crippen molar-refractivity contribution in [1.29, 1.82) is 0 Å². The van der Waals surface area contributed by atoms with Gasteiger partial charge < -0.3 is 5.32 Å². The van der Waals surface area contributed by atoms with E-state index in [4.69, 9.17) is 0 Å². The summed E-state index contributed by atoms with van der Waals surface area (Å²) in [4.78, 5) is 9.81. The minimum Gasteiger partial charge on any atom is -0.385 e. The molecular weight excluding hydrogens is 243 g/mol. The molecule has 0 bridgehead atoms. The Balaban J connectivity index is 2.49. The molecule has 94 valence electrons. The molecule has 0 aliphatic heterocycles. The second kappa shape index (κ2) is 7.11. The van der Waals surface area contributed by atoms with E-state index in [1.54, 1.807) is 11.8 Å². The lowest BCUT2D eigenvalue weighted by Crippen LogP contribution is -2.03. The van der Waals surface area contributed by atoms with E-state index in [1.807, 2.05) is 0 Å². The Kier molecular flexibility index (Phi) is 5.76. The van der Waals surface area contributed by atoms with Gasteiger partial charge in [-0.1, -0.05) is 0 Å². The number of nitro benzene ring substituents is 1. The van der Waals surface area contributed by atoms with E-state index in [0.29, 0.717) is 5.69 Å². The van der Waals surface area contributed by atoms with E-state index < -0.39 is 16.4 Å². The van der Waals surface area contributed by atoms with Crippen molar-refractivity contribution < 1.29 is 9.31 Å². The van der Waals surface area contributed by atoms with Gasteiger partial charge in [0.25, 0.3) is 0 Å². The number of anilines is 1. The molecule has 4 nitrogen and oxygen atoms in total. The van der Waals surface area contributed by atoms with E-state index in [0.717, 1.165) is 31.2 Å². The Bertz CT molecular complexity index is 388. The topological polar surface area (TPSA) is 55.2 Å². The molecule has 0 atom stereocenters. The van der Waals surface area contributed by atoms with Gasteiger partial charge in [0.2, 0.25) is 5.82 Å². The number of halogens is 1. The summed E-state index contributed by atoms with van der Waals surface area (Å²) >= 11 is 1.79. The van der Waals surface area contributed by atoms with Crippen LogP contribution in [-0.2, 0) is 0 Å². The fourth-order valence-corrected chi connectivity index (χ4v) is 1.86. The van der Waals surface area contributed by atoms with Crippen LogP contribution >= 0.6 is 11.8 Å². The molecule has 1 aromatic rings. The molecule has 1 rings (SSSR count). The van der Waals surface area contributed by atoms with Gasteiger partial charge in [0, 0.05) is 18.3 Å². The molecule has 17 heavy (non-hydrogen) atoms. The van der Waals surface area contributed by atoms with Crippen LogP contribution in [0.2, 0.25) is 0 Å². The zero-order valence-electron chi connectivity index (χ0n) is 9.61. The summed E-state index contributed by atoms with van der Waals surface area (Å²) in [5, 5.41) is 13.6. The number of nitrogens with zero attached hydrogens (tertiary/aromatic N) is 1. The number of nitro groups is 1. The van der Waals surface area contributed by atoms with Crippen LogP contribution in [-0.4, -0.2) is 23.5 Å². The Morgan fingerprint density at radius 1 is 1.47 bits per heavy atom. The van der Waals surface area contributed by atoms with E-state index >= 15 is 0 Å². The monoisotopic (exact) mass is 258 g/mol. The van der Waals surface area contributed by atoms with Gasteiger partial charge in [0.15, 0.2) is 0 Å². The first-order valence-corrected chi connectivity index (χ1v) is 6.71. The summed E-state index contributed by atoms with van der Waals surface area (Å²) < 4.78 is 13.0. The van der Waals surface area contributed by atoms with Crippen LogP contribution in [0.4, 0.5) is 15.8 Å². The number of unbranched alkanes of at least 4 members (excludes halogenated alkanes) is 1. The van der Waals surface area contributed by atoms with Crippen molar-refractivity contribution >= 4 is 23.1 Å². The van der Waals surface area contributed by atoms with E-state index in [2.05, 4.69) is 11.6 Å². The second-order valence-electron chi connectivity index (χ2n) is 3.55. The zero-order valence-corrected chi connectivity index (χ0v) is 10.4. The van der Waals surface area contributed by atoms with Crippen molar-refractivity contribution in [3.8, 4) is 0 Å². The number of hydrogen-bond donors (Lipinski definition) is 1. The predicted octanol–water partition coefficient (Wildman–Crippen LogP) is 3.29. The lowest BCUT2D eigenvalue weighted by atomic mass is 10.2. The number of rotatable bonds is 7. The van der Waals surface area contributed by atoms with Gasteiger partial charge in [-0.25, -0.2) is 0 Å². The Labute approximate surface area is 104 Å². The van der Waals surface area contributed by atoms with Crippen molar-refractivity contribution in [2.45, 2.75) is 12.8 Å². The first-order valence-electron chi connectivity index (χ1n) is 5.32. The first kappa shape index (κ1) is 13.8. The molecule has 1 N–H and O–H groups in total. The minimum absolute atomic E-state index is 0.487. The summed E-state index contributed by atoms with van der Waals surface area (Å²) in [7, 11) is 0. The molecule has 0 amide bonds. The standard InChI is InChI=1S/C11H15FN2O2S/c1-17-7-3-2-6-13-9-4-5-10(12)11(8-9)14(15)16/h4-5,8,13H,2-3,6-7H2,1H3. The first-order chi connectivity index (χ1) is 8.15. The van der Waals surface area contributed by atoms with Crippen molar-refractivity contribution in [2.24, 2.45) is 0 Å². The summed E-state index contributed by atoms with van der Waals surface area (Å²) in [6.45, 7) is 0.739. The molecule has 0 spiro atoms. The van der Waals surface area contributed by atoms with Crippen LogP contribution in [0, 0.1) is 15.9 Å². The normalized spacial score (nSPS) is 10.2. The number of benzene rings is 1. The second-order valence-corrected chi connectivity index (χ2v) is 4.54. The molecule has 0 saturated carbocycles. The lowest BCUT2D eigenvalue weighted by Gasteiger charge is -2.05. The molecule has 1 aromatic carbocycles. The number of nitrogens with one attached hydrogen (secondary N) is 1. The number of thioether (sulfide) groups is 1. The quantitative estimate of drug-likeness (QED) is 0.463. The van der Waals surface area contributed by atoms with Gasteiger partial charge in [-0.2, -0.15) is 16.2 Å². The van der Waals surface area contributed by atoms with Gasteiger partial charge in [-0.15, -0.1) is 0 Å². The van der Waals surface area contributed by atoms with Gasteiger partial charge in [-0.05, 0) is 37.0 Å². The molecule has 0 saturated heterocycles. The third-order valence-electron chi connectivity index (χ3n) is 2.25.